The molecule has 0 atom stereocenters. The second kappa shape index (κ2) is 13.9. The summed E-state index contributed by atoms with van der Waals surface area (Å²) in [5.41, 5.74) is 1.08. The number of aryl methyl sites for hydroxylation is 1. The van der Waals surface area contributed by atoms with Gasteiger partial charge in [0.1, 0.15) is 0 Å². The second-order valence-corrected chi connectivity index (χ2v) is 6.06. The van der Waals surface area contributed by atoms with Crippen LogP contribution in [0.2, 0.25) is 0 Å². The molecule has 0 amide bonds. The lowest BCUT2D eigenvalue weighted by molar-refractivity contribution is 0.0689. The number of rotatable bonds is 10. The number of hydrogen-bond acceptors (Lipinski definition) is 5. The summed E-state index contributed by atoms with van der Waals surface area (Å²) in [7, 11) is 5.51. The third-order valence-electron chi connectivity index (χ3n) is 3.07. The summed E-state index contributed by atoms with van der Waals surface area (Å²) in [6.45, 7) is 5.78. The van der Waals surface area contributed by atoms with Gasteiger partial charge in [-0.15, -0.1) is 35.3 Å². The van der Waals surface area contributed by atoms with Crippen LogP contribution in [-0.4, -0.2) is 63.4 Å². The highest BCUT2D eigenvalue weighted by atomic mass is 127. The average Bonchev–Trinajstić information content (AvgIpc) is 2.90. The molecule has 0 bridgehead atoms. The van der Waals surface area contributed by atoms with Gasteiger partial charge in [-0.3, -0.25) is 4.99 Å². The van der Waals surface area contributed by atoms with E-state index in [0.717, 1.165) is 49.2 Å². The molecule has 0 unspecified atom stereocenters. The minimum atomic E-state index is 0. The van der Waals surface area contributed by atoms with Crippen LogP contribution in [0, 0.1) is 6.92 Å². The van der Waals surface area contributed by atoms with Gasteiger partial charge in [0, 0.05) is 39.7 Å². The number of unbranched alkanes of at least 4 members (excludes halogenated alkanes) is 1. The monoisotopic (exact) mass is 456 g/mol. The Labute approximate surface area is 160 Å². The molecule has 0 aliphatic carbocycles. The summed E-state index contributed by atoms with van der Waals surface area (Å²) >= 11 is 1.68. The normalized spacial score (nSPS) is 11.2. The van der Waals surface area contributed by atoms with Crippen LogP contribution in [0.25, 0.3) is 0 Å². The van der Waals surface area contributed by atoms with E-state index in [1.165, 1.54) is 0 Å². The van der Waals surface area contributed by atoms with Gasteiger partial charge in [-0.05, 0) is 19.8 Å². The topological polar surface area (TPSA) is 59.0 Å². The number of aromatic nitrogens is 1. The van der Waals surface area contributed by atoms with E-state index < -0.39 is 0 Å². The molecular formula is C15H29IN4O2S. The molecule has 23 heavy (non-hydrogen) atoms. The molecule has 1 aromatic heterocycles. The van der Waals surface area contributed by atoms with E-state index in [-0.39, 0.29) is 24.0 Å². The molecule has 0 aliphatic rings. The van der Waals surface area contributed by atoms with Gasteiger partial charge < -0.3 is 19.7 Å². The Morgan fingerprint density at radius 3 is 2.74 bits per heavy atom. The van der Waals surface area contributed by atoms with Crippen molar-refractivity contribution < 1.29 is 9.47 Å². The van der Waals surface area contributed by atoms with Gasteiger partial charge in [0.25, 0.3) is 0 Å². The van der Waals surface area contributed by atoms with E-state index in [0.29, 0.717) is 13.2 Å². The fraction of sp³-hybridized carbons (Fsp3) is 0.733. The van der Waals surface area contributed by atoms with E-state index in [2.05, 4.69) is 25.6 Å². The van der Waals surface area contributed by atoms with Crippen LogP contribution in [-0.2, 0) is 16.0 Å². The molecule has 0 radical (unpaired) electrons. The van der Waals surface area contributed by atoms with Crippen molar-refractivity contribution in [3.05, 3.63) is 16.1 Å². The second-order valence-electron chi connectivity index (χ2n) is 5.00. The summed E-state index contributed by atoms with van der Waals surface area (Å²) in [4.78, 5) is 10.9. The van der Waals surface area contributed by atoms with Gasteiger partial charge >= 0.3 is 0 Å². The summed E-state index contributed by atoms with van der Waals surface area (Å²) in [6, 6.07) is 0. The fourth-order valence-corrected chi connectivity index (χ4v) is 2.56. The van der Waals surface area contributed by atoms with Crippen molar-refractivity contribution in [3.63, 3.8) is 0 Å². The summed E-state index contributed by atoms with van der Waals surface area (Å²) < 4.78 is 10.4. The van der Waals surface area contributed by atoms with Gasteiger partial charge in [-0.2, -0.15) is 0 Å². The molecule has 0 saturated carbocycles. The summed E-state index contributed by atoms with van der Waals surface area (Å²) in [5, 5.41) is 6.56. The molecule has 0 saturated heterocycles. The van der Waals surface area contributed by atoms with E-state index in [4.69, 9.17) is 9.47 Å². The summed E-state index contributed by atoms with van der Waals surface area (Å²) in [6.07, 6.45) is 2.08. The molecule has 0 spiro atoms. The molecule has 1 heterocycles. The molecule has 8 heteroatoms. The van der Waals surface area contributed by atoms with Crippen LogP contribution >= 0.6 is 35.3 Å². The number of ether oxygens (including phenoxy) is 2. The number of nitrogens with zero attached hydrogens (tertiary/aromatic N) is 3. The van der Waals surface area contributed by atoms with E-state index >= 15 is 0 Å². The number of aliphatic imine (C=N–C) groups is 1. The third kappa shape index (κ3) is 10.1. The number of halogens is 1. The largest absolute Gasteiger partial charge is 0.382 e. The highest BCUT2D eigenvalue weighted by Gasteiger charge is 2.08. The van der Waals surface area contributed by atoms with E-state index in [1.54, 1.807) is 25.5 Å². The molecule has 0 aliphatic heterocycles. The Bertz CT molecular complexity index is 443. The highest BCUT2D eigenvalue weighted by molar-refractivity contribution is 14.0. The number of methoxy groups -OCH3 is 1. The number of hydrogen-bond donors (Lipinski definition) is 1. The minimum Gasteiger partial charge on any atom is -0.382 e. The van der Waals surface area contributed by atoms with Crippen molar-refractivity contribution in [2.24, 2.45) is 4.99 Å². The first-order valence-electron chi connectivity index (χ1n) is 7.56. The van der Waals surface area contributed by atoms with Gasteiger partial charge in [0.2, 0.25) is 0 Å². The van der Waals surface area contributed by atoms with Crippen molar-refractivity contribution in [2.45, 2.75) is 26.3 Å². The Balaban J connectivity index is 0.00000484. The Hall–Kier alpha value is -0.450. The Morgan fingerprint density at radius 2 is 2.13 bits per heavy atom. The fourth-order valence-electron chi connectivity index (χ4n) is 1.96. The lowest BCUT2D eigenvalue weighted by atomic mass is 10.3. The number of guanidine groups is 1. The van der Waals surface area contributed by atoms with Crippen LogP contribution in [0.15, 0.2) is 10.4 Å². The smallest absolute Gasteiger partial charge is 0.193 e. The summed E-state index contributed by atoms with van der Waals surface area (Å²) in [5.74, 6) is 0.894. The van der Waals surface area contributed by atoms with Gasteiger partial charge in [0.15, 0.2) is 5.96 Å². The molecule has 134 valence electrons. The van der Waals surface area contributed by atoms with E-state index in [9.17, 15) is 0 Å². The van der Waals surface area contributed by atoms with Crippen LogP contribution < -0.4 is 5.32 Å². The predicted molar refractivity (Wildman–Crippen MR) is 107 cm³/mol. The highest BCUT2D eigenvalue weighted by Crippen LogP contribution is 2.09. The zero-order valence-electron chi connectivity index (χ0n) is 14.5. The van der Waals surface area contributed by atoms with Crippen molar-refractivity contribution >= 4 is 41.3 Å². The lowest BCUT2D eigenvalue weighted by Crippen LogP contribution is -2.39. The van der Waals surface area contributed by atoms with Crippen LogP contribution in [0.5, 0.6) is 0 Å². The third-order valence-corrected chi connectivity index (χ3v) is 3.89. The number of nitrogens with one attached hydrogen (secondary N) is 1. The van der Waals surface area contributed by atoms with Crippen molar-refractivity contribution in [2.75, 3.05) is 47.6 Å². The maximum Gasteiger partial charge on any atom is 0.193 e. The SMILES string of the molecule is CN=C(NCCCCOCCOC)N(C)Cc1csc(C)n1.I. The van der Waals surface area contributed by atoms with Crippen LogP contribution in [0.3, 0.4) is 0 Å². The molecule has 1 rings (SSSR count). The zero-order valence-corrected chi connectivity index (χ0v) is 17.6. The maximum absolute atomic E-state index is 5.44. The maximum atomic E-state index is 5.44. The van der Waals surface area contributed by atoms with Gasteiger partial charge in [-0.25, -0.2) is 4.98 Å². The molecule has 0 aromatic carbocycles. The zero-order chi connectivity index (χ0) is 16.2. The molecule has 0 fully saturated rings. The molecular weight excluding hydrogens is 427 g/mol. The minimum absolute atomic E-state index is 0. The number of thiazole rings is 1. The average molecular weight is 456 g/mol. The molecule has 1 aromatic rings. The Kier molecular flexibility index (Phi) is 13.7. The molecule has 6 nitrogen and oxygen atoms in total. The lowest BCUT2D eigenvalue weighted by Gasteiger charge is -2.21. The molecule has 1 N–H and O–H groups in total. The van der Waals surface area contributed by atoms with Crippen LogP contribution in [0.4, 0.5) is 0 Å². The quantitative estimate of drug-likeness (QED) is 0.254. The van der Waals surface area contributed by atoms with Gasteiger partial charge in [-0.1, -0.05) is 0 Å². The first-order valence-corrected chi connectivity index (χ1v) is 8.44. The van der Waals surface area contributed by atoms with Crippen LogP contribution in [0.1, 0.15) is 23.5 Å². The van der Waals surface area contributed by atoms with E-state index in [1.807, 2.05) is 14.0 Å². The van der Waals surface area contributed by atoms with Gasteiger partial charge in [0.05, 0.1) is 30.5 Å². The first kappa shape index (κ1) is 22.6. The predicted octanol–water partition coefficient (Wildman–Crippen LogP) is 2.52. The Morgan fingerprint density at radius 1 is 1.35 bits per heavy atom. The standard InChI is InChI=1S/C15H28N4O2S.HI/c1-13-18-14(12-22-13)11-19(3)15(16-2)17-7-5-6-8-21-10-9-20-4;/h12H,5-11H2,1-4H3,(H,16,17);1H. The van der Waals surface area contributed by atoms with Crippen molar-refractivity contribution in [3.8, 4) is 0 Å². The van der Waals surface area contributed by atoms with Crippen molar-refractivity contribution in [1.82, 2.24) is 15.2 Å². The van der Waals surface area contributed by atoms with Crippen molar-refractivity contribution in [1.29, 1.82) is 0 Å². The first-order chi connectivity index (χ1) is 10.7.